The molecule has 3 heteroatoms. The summed E-state index contributed by atoms with van der Waals surface area (Å²) in [6.45, 7) is 12.7. The number of carbonyl (C=O) groups is 1. The Balaban J connectivity index is 2.10. The van der Waals surface area contributed by atoms with Crippen LogP contribution in [0, 0.1) is 5.41 Å². The van der Waals surface area contributed by atoms with Crippen LogP contribution in [0.2, 0.25) is 0 Å². The van der Waals surface area contributed by atoms with Gasteiger partial charge in [0.1, 0.15) is 0 Å². The minimum Gasteiger partial charge on any atom is -0.347 e. The van der Waals surface area contributed by atoms with Crippen LogP contribution >= 0.6 is 0 Å². The third-order valence-electron chi connectivity index (χ3n) is 3.78. The van der Waals surface area contributed by atoms with E-state index in [-0.39, 0.29) is 16.9 Å². The highest BCUT2D eigenvalue weighted by Crippen LogP contribution is 2.27. The molecule has 0 radical (unpaired) electrons. The van der Waals surface area contributed by atoms with Crippen LogP contribution in [0.5, 0.6) is 0 Å². The second-order valence-corrected chi connectivity index (χ2v) is 7.99. The van der Waals surface area contributed by atoms with Crippen molar-refractivity contribution in [3.63, 3.8) is 0 Å². The maximum Gasteiger partial charge on any atom is 0.251 e. The molecule has 0 saturated heterocycles. The fourth-order valence-electron chi connectivity index (χ4n) is 3.37. The van der Waals surface area contributed by atoms with Gasteiger partial charge in [0.25, 0.3) is 5.91 Å². The van der Waals surface area contributed by atoms with Crippen LogP contribution in [0.3, 0.4) is 0 Å². The van der Waals surface area contributed by atoms with Gasteiger partial charge in [-0.3, -0.25) is 4.79 Å². The minimum atomic E-state index is -0.205. The van der Waals surface area contributed by atoms with Gasteiger partial charge in [-0.15, -0.1) is 0 Å². The second-order valence-electron chi connectivity index (χ2n) is 7.99. The van der Waals surface area contributed by atoms with Crippen molar-refractivity contribution in [1.29, 1.82) is 0 Å². The molecule has 0 fully saturated rings. The Kier molecular flexibility index (Phi) is 4.43. The SMILES string of the molecule is CC(C)(C)CC(C)(C)NC(=O)c1ccc2c(c1)CNCC2. The molecule has 0 saturated carbocycles. The van der Waals surface area contributed by atoms with Gasteiger partial charge in [-0.2, -0.15) is 0 Å². The molecule has 1 aromatic rings. The topological polar surface area (TPSA) is 41.1 Å². The first-order valence-corrected chi connectivity index (χ1v) is 7.81. The fraction of sp³-hybridized carbons (Fsp3) is 0.611. The van der Waals surface area contributed by atoms with Gasteiger partial charge in [0.05, 0.1) is 0 Å². The lowest BCUT2D eigenvalue weighted by atomic mass is 9.81. The molecule has 0 aromatic heterocycles. The van der Waals surface area contributed by atoms with E-state index in [0.29, 0.717) is 0 Å². The molecule has 2 N–H and O–H groups in total. The average Bonchev–Trinajstić information content (AvgIpc) is 2.34. The van der Waals surface area contributed by atoms with E-state index in [2.05, 4.69) is 51.3 Å². The van der Waals surface area contributed by atoms with E-state index in [1.807, 2.05) is 12.1 Å². The Bertz CT molecular complexity index is 527. The molecule has 0 spiro atoms. The van der Waals surface area contributed by atoms with Crippen molar-refractivity contribution >= 4 is 5.91 Å². The van der Waals surface area contributed by atoms with E-state index >= 15 is 0 Å². The van der Waals surface area contributed by atoms with Gasteiger partial charge in [-0.05, 0) is 61.9 Å². The van der Waals surface area contributed by atoms with Crippen LogP contribution in [0.1, 0.15) is 62.5 Å². The third kappa shape index (κ3) is 4.57. The molecule has 3 nitrogen and oxygen atoms in total. The number of carbonyl (C=O) groups excluding carboxylic acids is 1. The maximum absolute atomic E-state index is 12.5. The average molecular weight is 288 g/mol. The van der Waals surface area contributed by atoms with Gasteiger partial charge in [0, 0.05) is 17.6 Å². The Labute approximate surface area is 128 Å². The van der Waals surface area contributed by atoms with Crippen LogP contribution in [0.4, 0.5) is 0 Å². The molecule has 2 rings (SSSR count). The summed E-state index contributed by atoms with van der Waals surface area (Å²) >= 11 is 0. The van der Waals surface area contributed by atoms with Gasteiger partial charge >= 0.3 is 0 Å². The van der Waals surface area contributed by atoms with E-state index < -0.39 is 0 Å². The van der Waals surface area contributed by atoms with Crippen LogP contribution < -0.4 is 10.6 Å². The molecular formula is C18H28N2O. The lowest BCUT2D eigenvalue weighted by Gasteiger charge is -2.33. The smallest absolute Gasteiger partial charge is 0.251 e. The van der Waals surface area contributed by atoms with Crippen molar-refractivity contribution in [2.45, 2.75) is 59.5 Å². The summed E-state index contributed by atoms with van der Waals surface area (Å²) in [5.74, 6) is 0.0256. The molecule has 1 aliphatic heterocycles. The Morgan fingerprint density at radius 1 is 1.19 bits per heavy atom. The molecule has 1 amide bonds. The van der Waals surface area contributed by atoms with Gasteiger partial charge in [-0.25, -0.2) is 0 Å². The van der Waals surface area contributed by atoms with Crippen LogP contribution in [0.25, 0.3) is 0 Å². The monoisotopic (exact) mass is 288 g/mol. The summed E-state index contributed by atoms with van der Waals surface area (Å²) in [6.07, 6.45) is 1.99. The highest BCUT2D eigenvalue weighted by Gasteiger charge is 2.27. The van der Waals surface area contributed by atoms with E-state index in [9.17, 15) is 4.79 Å². The number of fused-ring (bicyclic) bond motifs is 1. The van der Waals surface area contributed by atoms with Crippen molar-refractivity contribution in [2.75, 3.05) is 6.54 Å². The highest BCUT2D eigenvalue weighted by molar-refractivity contribution is 5.95. The highest BCUT2D eigenvalue weighted by atomic mass is 16.1. The molecule has 1 aliphatic rings. The molecule has 1 aromatic carbocycles. The van der Waals surface area contributed by atoms with Crippen molar-refractivity contribution in [1.82, 2.24) is 10.6 Å². The summed E-state index contributed by atoms with van der Waals surface area (Å²) in [6, 6.07) is 6.08. The summed E-state index contributed by atoms with van der Waals surface area (Å²) in [5.41, 5.74) is 3.36. The third-order valence-corrected chi connectivity index (χ3v) is 3.78. The lowest BCUT2D eigenvalue weighted by molar-refractivity contribution is 0.0891. The number of rotatable bonds is 3. The Hall–Kier alpha value is -1.35. The molecule has 1 heterocycles. The second kappa shape index (κ2) is 5.80. The van der Waals surface area contributed by atoms with Crippen molar-refractivity contribution in [3.8, 4) is 0 Å². The molecule has 0 atom stereocenters. The quantitative estimate of drug-likeness (QED) is 0.896. The molecule has 0 aliphatic carbocycles. The van der Waals surface area contributed by atoms with E-state index in [1.54, 1.807) is 0 Å². The molecule has 21 heavy (non-hydrogen) atoms. The fourth-order valence-corrected chi connectivity index (χ4v) is 3.37. The lowest BCUT2D eigenvalue weighted by Crippen LogP contribution is -2.45. The molecule has 116 valence electrons. The number of amides is 1. The maximum atomic E-state index is 12.5. The molecular weight excluding hydrogens is 260 g/mol. The van der Waals surface area contributed by atoms with E-state index in [1.165, 1.54) is 11.1 Å². The largest absolute Gasteiger partial charge is 0.347 e. The zero-order valence-corrected chi connectivity index (χ0v) is 14.0. The first-order valence-electron chi connectivity index (χ1n) is 7.81. The minimum absolute atomic E-state index is 0.0256. The van der Waals surface area contributed by atoms with E-state index in [0.717, 1.165) is 31.5 Å². The zero-order chi connectivity index (χ0) is 15.7. The normalized spacial score (nSPS) is 15.5. The van der Waals surface area contributed by atoms with Gasteiger partial charge in [0.15, 0.2) is 0 Å². The predicted octanol–water partition coefficient (Wildman–Crippen LogP) is 3.28. The van der Waals surface area contributed by atoms with Crippen LogP contribution in [-0.2, 0) is 13.0 Å². The summed E-state index contributed by atoms with van der Waals surface area (Å²) in [7, 11) is 0. The van der Waals surface area contributed by atoms with Gasteiger partial charge in [0.2, 0.25) is 0 Å². The Morgan fingerprint density at radius 2 is 1.90 bits per heavy atom. The molecule has 0 unspecified atom stereocenters. The first kappa shape index (κ1) is 16.0. The van der Waals surface area contributed by atoms with Crippen molar-refractivity contribution in [3.05, 3.63) is 34.9 Å². The summed E-state index contributed by atoms with van der Waals surface area (Å²) in [5, 5.41) is 6.53. The molecule has 0 bridgehead atoms. The summed E-state index contributed by atoms with van der Waals surface area (Å²) in [4.78, 5) is 12.5. The number of nitrogens with one attached hydrogen (secondary N) is 2. The summed E-state index contributed by atoms with van der Waals surface area (Å²) < 4.78 is 0. The predicted molar refractivity (Wildman–Crippen MR) is 87.5 cm³/mol. The van der Waals surface area contributed by atoms with Crippen LogP contribution in [0.15, 0.2) is 18.2 Å². The van der Waals surface area contributed by atoms with Crippen molar-refractivity contribution < 1.29 is 4.79 Å². The Morgan fingerprint density at radius 3 is 2.57 bits per heavy atom. The van der Waals surface area contributed by atoms with Crippen LogP contribution in [-0.4, -0.2) is 18.0 Å². The number of hydrogen-bond donors (Lipinski definition) is 2. The van der Waals surface area contributed by atoms with Gasteiger partial charge in [-0.1, -0.05) is 26.8 Å². The van der Waals surface area contributed by atoms with Gasteiger partial charge < -0.3 is 10.6 Å². The first-order chi connectivity index (χ1) is 9.66. The number of benzene rings is 1. The standard InChI is InChI=1S/C18H28N2O/c1-17(2,3)12-18(4,5)20-16(21)14-7-6-13-8-9-19-11-15(13)10-14/h6-7,10,19H,8-9,11-12H2,1-5H3,(H,20,21). The van der Waals surface area contributed by atoms with E-state index in [4.69, 9.17) is 0 Å². The zero-order valence-electron chi connectivity index (χ0n) is 14.0. The van der Waals surface area contributed by atoms with Crippen molar-refractivity contribution in [2.24, 2.45) is 5.41 Å². The number of hydrogen-bond acceptors (Lipinski definition) is 2.